The Morgan fingerprint density at radius 1 is 1.21 bits per heavy atom. The molecule has 0 radical (unpaired) electrons. The average molecular weight is 191 g/mol. The van der Waals surface area contributed by atoms with Crippen LogP contribution in [0.4, 0.5) is 0 Å². The fourth-order valence-corrected chi connectivity index (χ4v) is 2.43. The predicted molar refractivity (Wildman–Crippen MR) is 63.0 cm³/mol. The van der Waals surface area contributed by atoms with Gasteiger partial charge in [0.05, 0.1) is 0 Å². The van der Waals surface area contributed by atoms with Crippen LogP contribution in [0.25, 0.3) is 0 Å². The van der Waals surface area contributed by atoms with E-state index in [1.54, 1.807) is 0 Å². The second-order valence-electron chi connectivity index (χ2n) is 4.11. The molecule has 0 saturated heterocycles. The highest BCUT2D eigenvalue weighted by Gasteiger charge is 2.32. The van der Waals surface area contributed by atoms with Crippen LogP contribution >= 0.6 is 0 Å². The van der Waals surface area contributed by atoms with E-state index in [1.165, 1.54) is 37.7 Å². The number of hydrogen-bond donors (Lipinski definition) is 1. The van der Waals surface area contributed by atoms with Crippen LogP contribution < -0.4 is 5.73 Å². The minimum atomic E-state index is 0.189. The molecule has 1 aliphatic rings. The number of allylic oxidation sites excluding steroid dienone is 3. The first kappa shape index (κ1) is 11.3. The maximum atomic E-state index is 5.92. The molecule has 0 spiro atoms. The summed E-state index contributed by atoms with van der Waals surface area (Å²) in [7, 11) is 0. The van der Waals surface area contributed by atoms with E-state index in [0.717, 1.165) is 6.54 Å². The van der Waals surface area contributed by atoms with E-state index in [0.29, 0.717) is 0 Å². The summed E-state index contributed by atoms with van der Waals surface area (Å²) in [6.07, 6.45) is 12.2. The molecule has 0 heterocycles. The first-order valence-electron chi connectivity index (χ1n) is 5.45. The highest BCUT2D eigenvalue weighted by Crippen LogP contribution is 2.41. The van der Waals surface area contributed by atoms with Crippen LogP contribution in [0.3, 0.4) is 0 Å². The minimum Gasteiger partial charge on any atom is -0.330 e. The second-order valence-corrected chi connectivity index (χ2v) is 4.11. The topological polar surface area (TPSA) is 26.0 Å². The summed E-state index contributed by atoms with van der Waals surface area (Å²) >= 11 is 0. The van der Waals surface area contributed by atoms with Crippen molar-refractivity contribution in [1.82, 2.24) is 0 Å². The monoisotopic (exact) mass is 191 g/mol. The lowest BCUT2D eigenvalue weighted by molar-refractivity contribution is 0.254. The van der Waals surface area contributed by atoms with E-state index in [1.807, 2.05) is 12.2 Å². The lowest BCUT2D eigenvalue weighted by Gasteiger charge is -2.37. The Bertz CT molecular complexity index is 232. The van der Waals surface area contributed by atoms with Gasteiger partial charge in [0.1, 0.15) is 0 Å². The maximum Gasteiger partial charge on any atom is 0.00753 e. The van der Waals surface area contributed by atoms with Crippen molar-refractivity contribution in [1.29, 1.82) is 0 Å². The van der Waals surface area contributed by atoms with E-state index in [-0.39, 0.29) is 5.41 Å². The molecule has 0 aromatic carbocycles. The van der Waals surface area contributed by atoms with E-state index < -0.39 is 0 Å². The summed E-state index contributed by atoms with van der Waals surface area (Å²) in [6, 6.07) is 0. The van der Waals surface area contributed by atoms with E-state index in [2.05, 4.69) is 19.2 Å². The Morgan fingerprint density at radius 3 is 2.29 bits per heavy atom. The van der Waals surface area contributed by atoms with E-state index >= 15 is 0 Å². The van der Waals surface area contributed by atoms with Crippen molar-refractivity contribution < 1.29 is 0 Å². The quantitative estimate of drug-likeness (QED) is 0.678. The van der Waals surface area contributed by atoms with Gasteiger partial charge in [-0.05, 0) is 18.4 Å². The molecule has 0 amide bonds. The molecule has 0 bridgehead atoms. The van der Waals surface area contributed by atoms with Crippen LogP contribution in [0.15, 0.2) is 37.0 Å². The van der Waals surface area contributed by atoms with E-state index in [9.17, 15) is 0 Å². The Kier molecular flexibility index (Phi) is 4.15. The third-order valence-corrected chi connectivity index (χ3v) is 3.33. The fourth-order valence-electron chi connectivity index (χ4n) is 2.43. The van der Waals surface area contributed by atoms with Gasteiger partial charge < -0.3 is 5.73 Å². The standard InChI is InChI=1S/C13H21N/c1-3-8-12(4-2)13(11-14)9-6-5-7-10-13/h3-4,8H,1-2,5-7,9-11,14H2/b12-8+. The summed E-state index contributed by atoms with van der Waals surface area (Å²) < 4.78 is 0. The number of nitrogens with two attached hydrogens (primary N) is 1. The second kappa shape index (κ2) is 5.16. The summed E-state index contributed by atoms with van der Waals surface area (Å²) in [6.45, 7) is 8.35. The van der Waals surface area contributed by atoms with Crippen LogP contribution in [-0.4, -0.2) is 6.54 Å². The molecule has 0 atom stereocenters. The van der Waals surface area contributed by atoms with Gasteiger partial charge in [-0.25, -0.2) is 0 Å². The van der Waals surface area contributed by atoms with Crippen molar-refractivity contribution in [2.75, 3.05) is 6.54 Å². The third kappa shape index (κ3) is 2.16. The van der Waals surface area contributed by atoms with Crippen molar-refractivity contribution in [3.05, 3.63) is 37.0 Å². The molecule has 1 rings (SSSR count). The third-order valence-electron chi connectivity index (χ3n) is 3.33. The van der Waals surface area contributed by atoms with E-state index in [4.69, 9.17) is 5.73 Å². The molecule has 0 aliphatic heterocycles. The van der Waals surface area contributed by atoms with Crippen molar-refractivity contribution in [2.24, 2.45) is 11.1 Å². The molecular formula is C13H21N. The molecule has 1 nitrogen and oxygen atoms in total. The van der Waals surface area contributed by atoms with Crippen molar-refractivity contribution >= 4 is 0 Å². The minimum absolute atomic E-state index is 0.189. The van der Waals surface area contributed by atoms with Crippen molar-refractivity contribution in [2.45, 2.75) is 32.1 Å². The van der Waals surface area contributed by atoms with Crippen LogP contribution in [0.1, 0.15) is 32.1 Å². The van der Waals surface area contributed by atoms with Gasteiger partial charge in [0.25, 0.3) is 0 Å². The van der Waals surface area contributed by atoms with Crippen molar-refractivity contribution in [3.63, 3.8) is 0 Å². The van der Waals surface area contributed by atoms with Crippen LogP contribution in [0, 0.1) is 5.41 Å². The molecular weight excluding hydrogens is 170 g/mol. The largest absolute Gasteiger partial charge is 0.330 e. The van der Waals surface area contributed by atoms with Gasteiger partial charge in [-0.15, -0.1) is 0 Å². The van der Waals surface area contributed by atoms with Gasteiger partial charge in [0.15, 0.2) is 0 Å². The normalized spacial score (nSPS) is 21.6. The first-order chi connectivity index (χ1) is 6.79. The zero-order valence-corrected chi connectivity index (χ0v) is 8.97. The molecule has 1 saturated carbocycles. The van der Waals surface area contributed by atoms with Gasteiger partial charge >= 0.3 is 0 Å². The smallest absolute Gasteiger partial charge is 0.00753 e. The summed E-state index contributed by atoms with van der Waals surface area (Å²) in [4.78, 5) is 0. The average Bonchev–Trinajstić information content (AvgIpc) is 2.27. The Balaban J connectivity index is 2.90. The Morgan fingerprint density at radius 2 is 1.86 bits per heavy atom. The van der Waals surface area contributed by atoms with Gasteiger partial charge in [-0.2, -0.15) is 0 Å². The lowest BCUT2D eigenvalue weighted by Crippen LogP contribution is -2.34. The molecule has 0 aromatic rings. The predicted octanol–water partition coefficient (Wildman–Crippen LogP) is 3.19. The van der Waals surface area contributed by atoms with Gasteiger partial charge in [-0.3, -0.25) is 0 Å². The molecule has 1 aliphatic carbocycles. The Hall–Kier alpha value is -0.820. The summed E-state index contributed by atoms with van der Waals surface area (Å²) in [5.41, 5.74) is 7.38. The van der Waals surface area contributed by atoms with Gasteiger partial charge in [0, 0.05) is 12.0 Å². The zero-order valence-electron chi connectivity index (χ0n) is 8.97. The zero-order chi connectivity index (χ0) is 10.4. The molecule has 1 heteroatoms. The van der Waals surface area contributed by atoms with Crippen LogP contribution in [-0.2, 0) is 0 Å². The molecule has 14 heavy (non-hydrogen) atoms. The van der Waals surface area contributed by atoms with Crippen LogP contribution in [0.2, 0.25) is 0 Å². The van der Waals surface area contributed by atoms with Crippen LogP contribution in [0.5, 0.6) is 0 Å². The Labute approximate surface area is 87.4 Å². The first-order valence-corrected chi connectivity index (χ1v) is 5.45. The molecule has 78 valence electrons. The fraction of sp³-hybridized carbons (Fsp3) is 0.538. The molecule has 0 aromatic heterocycles. The summed E-state index contributed by atoms with van der Waals surface area (Å²) in [5.74, 6) is 0. The van der Waals surface area contributed by atoms with Gasteiger partial charge in [0.2, 0.25) is 0 Å². The maximum absolute atomic E-state index is 5.92. The van der Waals surface area contributed by atoms with Crippen molar-refractivity contribution in [3.8, 4) is 0 Å². The highest BCUT2D eigenvalue weighted by atomic mass is 14.6. The molecule has 1 fully saturated rings. The molecule has 0 unspecified atom stereocenters. The summed E-state index contributed by atoms with van der Waals surface area (Å²) in [5, 5.41) is 0. The number of hydrogen-bond acceptors (Lipinski definition) is 1. The molecule has 2 N–H and O–H groups in total. The SMILES string of the molecule is C=C/C=C(\C=C)C1(CN)CCCCC1. The van der Waals surface area contributed by atoms with Gasteiger partial charge in [-0.1, -0.05) is 50.6 Å². The lowest BCUT2D eigenvalue weighted by atomic mass is 9.69. The number of rotatable bonds is 4. The highest BCUT2D eigenvalue weighted by molar-refractivity contribution is 5.29.